The van der Waals surface area contributed by atoms with E-state index in [1.807, 2.05) is 37.3 Å². The van der Waals surface area contributed by atoms with Crippen LogP contribution in [0, 0.1) is 0 Å². The lowest BCUT2D eigenvalue weighted by Crippen LogP contribution is -2.50. The summed E-state index contributed by atoms with van der Waals surface area (Å²) in [5.41, 5.74) is 2.41. The van der Waals surface area contributed by atoms with Crippen LogP contribution in [0.2, 0.25) is 20.1 Å². The Morgan fingerprint density at radius 1 is 0.794 bits per heavy atom. The maximum Gasteiger partial charge on any atom is 0.243 e. The van der Waals surface area contributed by atoms with Gasteiger partial charge in [0.1, 0.15) is 6.04 Å². The van der Waals surface area contributed by atoms with Crippen molar-refractivity contribution in [3.05, 3.63) is 104 Å². The van der Waals surface area contributed by atoms with Crippen LogP contribution in [-0.2, 0) is 29.0 Å². The highest BCUT2D eigenvalue weighted by atomic mass is 35.5. The van der Waals surface area contributed by atoms with Crippen molar-refractivity contribution >= 4 is 58.2 Å². The Kier molecular flexibility index (Phi) is 9.66. The normalized spacial score (nSPS) is 11.7. The fourth-order valence-electron chi connectivity index (χ4n) is 3.61. The van der Waals surface area contributed by atoms with Crippen molar-refractivity contribution in [1.82, 2.24) is 10.2 Å². The molecule has 2 amide bonds. The molecule has 0 saturated heterocycles. The standard InChI is InChI=1S/C26H24Cl4N2O2/c1-2-31-26(34)24(14-17-6-4-3-5-7-17)32(16-19-9-11-21(28)23(30)13-19)25(33)15-18-8-10-20(27)22(29)12-18/h3-13,24H,2,14-16H2,1H3,(H,31,34). The number of nitrogens with one attached hydrogen (secondary N) is 1. The lowest BCUT2D eigenvalue weighted by atomic mass is 10.0. The number of benzene rings is 3. The molecule has 0 heterocycles. The van der Waals surface area contributed by atoms with E-state index in [9.17, 15) is 9.59 Å². The van der Waals surface area contributed by atoms with Crippen molar-refractivity contribution in [1.29, 1.82) is 0 Å². The molecule has 0 aromatic heterocycles. The van der Waals surface area contributed by atoms with Crippen LogP contribution < -0.4 is 5.32 Å². The van der Waals surface area contributed by atoms with Gasteiger partial charge in [0.2, 0.25) is 11.8 Å². The van der Waals surface area contributed by atoms with Crippen molar-refractivity contribution in [3.8, 4) is 0 Å². The van der Waals surface area contributed by atoms with E-state index in [2.05, 4.69) is 5.32 Å². The molecule has 3 rings (SSSR count). The molecule has 3 aromatic carbocycles. The van der Waals surface area contributed by atoms with Crippen molar-refractivity contribution in [2.75, 3.05) is 6.54 Å². The molecule has 0 aliphatic carbocycles. The molecule has 8 heteroatoms. The van der Waals surface area contributed by atoms with Gasteiger partial charge in [-0.2, -0.15) is 0 Å². The number of nitrogens with zero attached hydrogens (tertiary/aromatic N) is 1. The zero-order chi connectivity index (χ0) is 24.7. The summed E-state index contributed by atoms with van der Waals surface area (Å²) in [6, 6.07) is 19.1. The highest BCUT2D eigenvalue weighted by Crippen LogP contribution is 2.26. The largest absolute Gasteiger partial charge is 0.355 e. The predicted molar refractivity (Wildman–Crippen MR) is 140 cm³/mol. The summed E-state index contributed by atoms with van der Waals surface area (Å²) in [6.07, 6.45) is 0.421. The molecule has 3 aromatic rings. The maximum atomic E-state index is 13.6. The molecule has 0 radical (unpaired) electrons. The first-order chi connectivity index (χ1) is 16.3. The summed E-state index contributed by atoms with van der Waals surface area (Å²) in [7, 11) is 0. The van der Waals surface area contributed by atoms with Gasteiger partial charge in [-0.05, 0) is 47.9 Å². The van der Waals surface area contributed by atoms with Gasteiger partial charge in [0.25, 0.3) is 0 Å². The van der Waals surface area contributed by atoms with Gasteiger partial charge in [-0.15, -0.1) is 0 Å². The molecular weight excluding hydrogens is 514 g/mol. The zero-order valence-corrected chi connectivity index (χ0v) is 21.6. The summed E-state index contributed by atoms with van der Waals surface area (Å²) < 4.78 is 0. The minimum absolute atomic E-state index is 0.0584. The minimum atomic E-state index is -0.730. The number of carbonyl (C=O) groups is 2. The van der Waals surface area contributed by atoms with E-state index >= 15 is 0 Å². The molecule has 1 N–H and O–H groups in total. The van der Waals surface area contributed by atoms with Gasteiger partial charge in [0.15, 0.2) is 0 Å². The molecule has 0 saturated carbocycles. The Morgan fingerprint density at radius 2 is 1.38 bits per heavy atom. The van der Waals surface area contributed by atoms with Gasteiger partial charge >= 0.3 is 0 Å². The zero-order valence-electron chi connectivity index (χ0n) is 18.5. The van der Waals surface area contributed by atoms with Gasteiger partial charge in [0, 0.05) is 19.5 Å². The second kappa shape index (κ2) is 12.5. The highest BCUT2D eigenvalue weighted by Gasteiger charge is 2.30. The van der Waals surface area contributed by atoms with Crippen molar-refractivity contribution < 1.29 is 9.59 Å². The first-order valence-corrected chi connectivity index (χ1v) is 12.3. The molecule has 0 fully saturated rings. The molecule has 0 aliphatic rings. The number of hydrogen-bond donors (Lipinski definition) is 1. The molecule has 1 unspecified atom stereocenters. The Hall–Kier alpha value is -2.24. The van der Waals surface area contributed by atoms with Crippen molar-refractivity contribution in [2.24, 2.45) is 0 Å². The fourth-order valence-corrected chi connectivity index (χ4v) is 4.25. The average molecular weight is 538 g/mol. The third kappa shape index (κ3) is 7.13. The van der Waals surface area contributed by atoms with Crippen LogP contribution in [0.3, 0.4) is 0 Å². The molecule has 34 heavy (non-hydrogen) atoms. The third-order valence-electron chi connectivity index (χ3n) is 5.30. The quantitative estimate of drug-likeness (QED) is 0.333. The molecule has 178 valence electrons. The molecule has 0 bridgehead atoms. The number of halogens is 4. The second-order valence-electron chi connectivity index (χ2n) is 7.80. The third-order valence-corrected chi connectivity index (χ3v) is 6.78. The van der Waals surface area contributed by atoms with Crippen LogP contribution in [0.4, 0.5) is 0 Å². The van der Waals surface area contributed by atoms with E-state index in [0.717, 1.165) is 11.1 Å². The first kappa shape index (κ1) is 26.4. The van der Waals surface area contributed by atoms with Gasteiger partial charge < -0.3 is 10.2 Å². The number of amides is 2. The number of likely N-dealkylation sites (N-methyl/N-ethyl adjacent to an activating group) is 1. The van der Waals surface area contributed by atoms with Crippen LogP contribution in [0.25, 0.3) is 0 Å². The smallest absolute Gasteiger partial charge is 0.243 e. The van der Waals surface area contributed by atoms with Crippen molar-refractivity contribution in [3.63, 3.8) is 0 Å². The van der Waals surface area contributed by atoms with E-state index in [4.69, 9.17) is 46.4 Å². The van der Waals surface area contributed by atoms with Gasteiger partial charge in [-0.25, -0.2) is 0 Å². The van der Waals surface area contributed by atoms with E-state index in [1.54, 1.807) is 41.3 Å². The summed E-state index contributed by atoms with van der Waals surface area (Å²) in [5.74, 6) is -0.453. The van der Waals surface area contributed by atoms with E-state index in [-0.39, 0.29) is 24.8 Å². The van der Waals surface area contributed by atoms with Gasteiger partial charge in [-0.1, -0.05) is 88.9 Å². The fraction of sp³-hybridized carbons (Fsp3) is 0.231. The lowest BCUT2D eigenvalue weighted by molar-refractivity contribution is -0.140. The average Bonchev–Trinajstić information content (AvgIpc) is 2.81. The van der Waals surface area contributed by atoms with Crippen LogP contribution in [0.5, 0.6) is 0 Å². The summed E-state index contributed by atoms with van der Waals surface area (Å²) >= 11 is 24.5. The van der Waals surface area contributed by atoms with Crippen LogP contribution in [-0.4, -0.2) is 29.3 Å². The number of hydrogen-bond acceptors (Lipinski definition) is 2. The second-order valence-corrected chi connectivity index (χ2v) is 9.42. The lowest BCUT2D eigenvalue weighted by Gasteiger charge is -2.31. The molecular formula is C26H24Cl4N2O2. The summed E-state index contributed by atoms with van der Waals surface area (Å²) in [4.78, 5) is 28.4. The van der Waals surface area contributed by atoms with Gasteiger partial charge in [-0.3, -0.25) is 9.59 Å². The summed E-state index contributed by atoms with van der Waals surface area (Å²) in [5, 5.41) is 4.45. The topological polar surface area (TPSA) is 49.4 Å². The number of carbonyl (C=O) groups excluding carboxylic acids is 2. The first-order valence-electron chi connectivity index (χ1n) is 10.8. The minimum Gasteiger partial charge on any atom is -0.355 e. The van der Waals surface area contributed by atoms with E-state index in [1.165, 1.54) is 0 Å². The Labute approximate surface area is 219 Å². The molecule has 0 spiro atoms. The molecule has 4 nitrogen and oxygen atoms in total. The van der Waals surface area contributed by atoms with Gasteiger partial charge in [0.05, 0.1) is 26.5 Å². The Bertz CT molecular complexity index is 1150. The Balaban J connectivity index is 1.98. The van der Waals surface area contributed by atoms with Crippen LogP contribution >= 0.6 is 46.4 Å². The molecule has 0 aliphatic heterocycles. The van der Waals surface area contributed by atoms with E-state index < -0.39 is 6.04 Å². The van der Waals surface area contributed by atoms with E-state index in [0.29, 0.717) is 38.6 Å². The predicted octanol–water partition coefficient (Wildman–Crippen LogP) is 6.62. The summed E-state index contributed by atoms with van der Waals surface area (Å²) in [6.45, 7) is 2.48. The number of rotatable bonds is 9. The maximum absolute atomic E-state index is 13.6. The van der Waals surface area contributed by atoms with Crippen molar-refractivity contribution in [2.45, 2.75) is 32.4 Å². The van der Waals surface area contributed by atoms with Crippen LogP contribution in [0.15, 0.2) is 66.7 Å². The van der Waals surface area contributed by atoms with Crippen LogP contribution in [0.1, 0.15) is 23.6 Å². The Morgan fingerprint density at radius 3 is 1.97 bits per heavy atom. The SMILES string of the molecule is CCNC(=O)C(Cc1ccccc1)N(Cc1ccc(Cl)c(Cl)c1)C(=O)Cc1ccc(Cl)c(Cl)c1. The monoisotopic (exact) mass is 536 g/mol. The highest BCUT2D eigenvalue weighted by molar-refractivity contribution is 6.42. The molecule has 1 atom stereocenters.